The highest BCUT2D eigenvalue weighted by Crippen LogP contribution is 2.46. The van der Waals surface area contributed by atoms with Gasteiger partial charge >= 0.3 is 5.97 Å². The van der Waals surface area contributed by atoms with Gasteiger partial charge in [-0.15, -0.1) is 0 Å². The molecule has 2 aromatic rings. The molecule has 0 amide bonds. The quantitative estimate of drug-likeness (QED) is 0.810. The fourth-order valence-corrected chi connectivity index (χ4v) is 3.78. The average molecular weight is 369 g/mol. The molecule has 140 valence electrons. The first-order valence-corrected chi connectivity index (χ1v) is 8.80. The molecule has 2 aliphatic rings. The Hall–Kier alpha value is -2.70. The van der Waals surface area contributed by atoms with E-state index in [-0.39, 0.29) is 11.7 Å². The monoisotopic (exact) mass is 369 g/mol. The van der Waals surface area contributed by atoms with E-state index in [4.69, 9.17) is 9.47 Å². The molecule has 0 saturated carbocycles. The van der Waals surface area contributed by atoms with Gasteiger partial charge in [-0.25, -0.2) is 9.18 Å². The van der Waals surface area contributed by atoms with Gasteiger partial charge in [0.2, 0.25) is 0 Å². The highest BCUT2D eigenvalue weighted by atomic mass is 19.1. The first kappa shape index (κ1) is 17.7. The molecule has 0 saturated heterocycles. The SMILES string of the molecule is COC(=O)C1=C[C@@H](NCc2ccc(F)cc2)[C@H](O)[C@H]2Oc3ccccc3[C@@H]12. The second-order valence-electron chi connectivity index (χ2n) is 6.74. The molecule has 0 fully saturated rings. The fraction of sp³-hybridized carbons (Fsp3) is 0.286. The Morgan fingerprint density at radius 1 is 1.22 bits per heavy atom. The molecule has 1 heterocycles. The van der Waals surface area contributed by atoms with Gasteiger partial charge < -0.3 is 19.9 Å². The molecular weight excluding hydrogens is 349 g/mol. The number of nitrogens with one attached hydrogen (secondary N) is 1. The third kappa shape index (κ3) is 3.22. The largest absolute Gasteiger partial charge is 0.486 e. The maximum atomic E-state index is 13.1. The van der Waals surface area contributed by atoms with Gasteiger partial charge in [0, 0.05) is 17.7 Å². The Labute approximate surface area is 156 Å². The smallest absolute Gasteiger partial charge is 0.334 e. The van der Waals surface area contributed by atoms with Crippen molar-refractivity contribution in [2.24, 2.45) is 0 Å². The minimum Gasteiger partial charge on any atom is -0.486 e. The summed E-state index contributed by atoms with van der Waals surface area (Å²) in [5.74, 6) is -0.442. The zero-order chi connectivity index (χ0) is 19.0. The zero-order valence-corrected chi connectivity index (χ0v) is 14.8. The van der Waals surface area contributed by atoms with E-state index in [1.807, 2.05) is 24.3 Å². The van der Waals surface area contributed by atoms with Crippen molar-refractivity contribution in [3.63, 3.8) is 0 Å². The number of hydrogen-bond donors (Lipinski definition) is 2. The summed E-state index contributed by atoms with van der Waals surface area (Å²) in [5, 5.41) is 14.1. The number of aliphatic hydroxyl groups is 1. The number of esters is 1. The third-order valence-electron chi connectivity index (χ3n) is 5.12. The van der Waals surface area contributed by atoms with Crippen molar-refractivity contribution in [2.45, 2.75) is 30.7 Å². The number of benzene rings is 2. The van der Waals surface area contributed by atoms with E-state index in [1.54, 1.807) is 18.2 Å². The highest BCUT2D eigenvalue weighted by Gasteiger charge is 2.48. The number of fused-ring (bicyclic) bond motifs is 3. The lowest BCUT2D eigenvalue weighted by Crippen LogP contribution is -2.51. The molecule has 27 heavy (non-hydrogen) atoms. The lowest BCUT2D eigenvalue weighted by atomic mass is 9.78. The fourth-order valence-electron chi connectivity index (χ4n) is 3.78. The molecule has 0 unspecified atom stereocenters. The van der Waals surface area contributed by atoms with Crippen molar-refractivity contribution in [1.82, 2.24) is 5.32 Å². The van der Waals surface area contributed by atoms with Crippen molar-refractivity contribution in [3.8, 4) is 5.75 Å². The van der Waals surface area contributed by atoms with E-state index >= 15 is 0 Å². The van der Waals surface area contributed by atoms with Crippen LogP contribution >= 0.6 is 0 Å². The summed E-state index contributed by atoms with van der Waals surface area (Å²) in [4.78, 5) is 12.4. The summed E-state index contributed by atoms with van der Waals surface area (Å²) in [7, 11) is 1.34. The third-order valence-corrected chi connectivity index (χ3v) is 5.12. The first-order chi connectivity index (χ1) is 13.1. The van der Waals surface area contributed by atoms with Gasteiger partial charge in [0.15, 0.2) is 0 Å². The summed E-state index contributed by atoms with van der Waals surface area (Å²) in [6.07, 6.45) is 0.288. The Morgan fingerprint density at radius 3 is 2.70 bits per heavy atom. The minimum absolute atomic E-state index is 0.302. The van der Waals surface area contributed by atoms with Gasteiger partial charge in [0.05, 0.1) is 19.1 Å². The highest BCUT2D eigenvalue weighted by molar-refractivity contribution is 5.91. The molecule has 0 bridgehead atoms. The molecule has 2 N–H and O–H groups in total. The molecule has 6 heteroatoms. The zero-order valence-electron chi connectivity index (χ0n) is 14.8. The van der Waals surface area contributed by atoms with Gasteiger partial charge in [-0.2, -0.15) is 0 Å². The second kappa shape index (κ2) is 7.13. The molecule has 5 nitrogen and oxygen atoms in total. The molecule has 0 radical (unpaired) electrons. The van der Waals surface area contributed by atoms with E-state index < -0.39 is 24.2 Å². The van der Waals surface area contributed by atoms with Crippen LogP contribution in [0, 0.1) is 5.82 Å². The van der Waals surface area contributed by atoms with Gasteiger partial charge in [-0.3, -0.25) is 0 Å². The van der Waals surface area contributed by atoms with Gasteiger partial charge in [0.25, 0.3) is 0 Å². The van der Waals surface area contributed by atoms with Crippen LogP contribution in [0.15, 0.2) is 60.2 Å². The standard InChI is InChI=1S/C21H20FNO4/c1-26-21(25)15-10-16(23-11-12-6-8-13(22)9-7-12)19(24)20-18(15)14-4-2-3-5-17(14)27-20/h2-10,16,18-20,23-24H,11H2,1H3/t16-,18+,19+,20+/m1/s1. The number of carbonyl (C=O) groups is 1. The van der Waals surface area contributed by atoms with E-state index in [2.05, 4.69) is 5.32 Å². The van der Waals surface area contributed by atoms with Crippen LogP contribution in [0.1, 0.15) is 17.0 Å². The predicted octanol–water partition coefficient (Wildman–Crippen LogP) is 2.30. The first-order valence-electron chi connectivity index (χ1n) is 8.80. The Bertz CT molecular complexity index is 880. The number of aliphatic hydroxyl groups excluding tert-OH is 1. The summed E-state index contributed by atoms with van der Waals surface area (Å²) in [5.41, 5.74) is 2.21. The van der Waals surface area contributed by atoms with E-state index in [0.29, 0.717) is 17.9 Å². The molecule has 2 aromatic carbocycles. The van der Waals surface area contributed by atoms with Gasteiger partial charge in [0.1, 0.15) is 23.8 Å². The Balaban J connectivity index is 1.62. The number of rotatable bonds is 4. The summed E-state index contributed by atoms with van der Waals surface area (Å²) in [6.45, 7) is 0.414. The molecule has 0 spiro atoms. The van der Waals surface area contributed by atoms with Crippen LogP contribution in [0.4, 0.5) is 4.39 Å². The number of para-hydroxylation sites is 1. The molecule has 4 rings (SSSR count). The van der Waals surface area contributed by atoms with E-state index in [9.17, 15) is 14.3 Å². The minimum atomic E-state index is -0.851. The van der Waals surface area contributed by atoms with Crippen LogP contribution in [0.3, 0.4) is 0 Å². The predicted molar refractivity (Wildman–Crippen MR) is 96.7 cm³/mol. The number of ether oxygens (including phenoxy) is 2. The number of halogens is 1. The summed E-state index contributed by atoms with van der Waals surface area (Å²) in [6, 6.07) is 13.1. The van der Waals surface area contributed by atoms with E-state index in [1.165, 1.54) is 19.2 Å². The van der Waals surface area contributed by atoms with Gasteiger partial charge in [-0.1, -0.05) is 36.4 Å². The normalized spacial score (nSPS) is 25.8. The molecule has 0 aromatic heterocycles. The number of carbonyl (C=O) groups excluding carboxylic acids is 1. The van der Waals surface area contributed by atoms with E-state index in [0.717, 1.165) is 11.1 Å². The van der Waals surface area contributed by atoms with Crippen molar-refractivity contribution in [2.75, 3.05) is 7.11 Å². The topological polar surface area (TPSA) is 67.8 Å². The van der Waals surface area contributed by atoms with Crippen LogP contribution in [0.5, 0.6) is 5.75 Å². The Morgan fingerprint density at radius 2 is 1.96 bits per heavy atom. The van der Waals surface area contributed by atoms with Crippen molar-refractivity contribution in [1.29, 1.82) is 0 Å². The second-order valence-corrected chi connectivity index (χ2v) is 6.74. The maximum Gasteiger partial charge on any atom is 0.334 e. The molecule has 4 atom stereocenters. The Kier molecular flexibility index (Phi) is 4.68. The molecule has 1 aliphatic heterocycles. The molecule has 1 aliphatic carbocycles. The van der Waals surface area contributed by atoms with Crippen LogP contribution in [-0.4, -0.2) is 36.4 Å². The van der Waals surface area contributed by atoms with Crippen molar-refractivity contribution >= 4 is 5.97 Å². The van der Waals surface area contributed by atoms with Crippen LogP contribution < -0.4 is 10.1 Å². The van der Waals surface area contributed by atoms with Gasteiger partial charge in [-0.05, 0) is 23.8 Å². The lowest BCUT2D eigenvalue weighted by Gasteiger charge is -2.35. The van der Waals surface area contributed by atoms with Crippen molar-refractivity contribution < 1.29 is 23.8 Å². The van der Waals surface area contributed by atoms with Crippen LogP contribution in [0.25, 0.3) is 0 Å². The summed E-state index contributed by atoms with van der Waals surface area (Å²) >= 11 is 0. The average Bonchev–Trinajstić information content (AvgIpc) is 3.08. The van der Waals surface area contributed by atoms with Crippen molar-refractivity contribution in [3.05, 3.63) is 77.1 Å². The lowest BCUT2D eigenvalue weighted by molar-refractivity contribution is -0.137. The van der Waals surface area contributed by atoms with Crippen LogP contribution in [0.2, 0.25) is 0 Å². The summed E-state index contributed by atoms with van der Waals surface area (Å²) < 4.78 is 24.0. The maximum absolute atomic E-state index is 13.1. The number of hydrogen-bond acceptors (Lipinski definition) is 5. The number of methoxy groups -OCH3 is 1. The molecular formula is C21H20FNO4. The van der Waals surface area contributed by atoms with Crippen LogP contribution in [-0.2, 0) is 16.1 Å².